The lowest BCUT2D eigenvalue weighted by atomic mass is 10.2. The molecule has 1 amide bonds. The van der Waals surface area contributed by atoms with Gasteiger partial charge >= 0.3 is 0 Å². The van der Waals surface area contributed by atoms with Crippen LogP contribution in [0.5, 0.6) is 0 Å². The number of likely N-dealkylation sites (tertiary alicyclic amines) is 1. The zero-order valence-electron chi connectivity index (χ0n) is 12.5. The van der Waals surface area contributed by atoms with E-state index in [1.54, 1.807) is 12.1 Å². The number of fused-ring (bicyclic) bond motifs is 1. The predicted molar refractivity (Wildman–Crippen MR) is 88.0 cm³/mol. The summed E-state index contributed by atoms with van der Waals surface area (Å²) in [7, 11) is 0. The molecule has 3 heterocycles. The average Bonchev–Trinajstić information content (AvgIpc) is 3.25. The lowest BCUT2D eigenvalue weighted by molar-refractivity contribution is -0.129. The van der Waals surface area contributed by atoms with Crippen LogP contribution in [0.2, 0.25) is 0 Å². The Morgan fingerprint density at radius 3 is 2.70 bits per heavy atom. The van der Waals surface area contributed by atoms with Crippen molar-refractivity contribution >= 4 is 22.2 Å². The van der Waals surface area contributed by atoms with Crippen LogP contribution in [-0.4, -0.2) is 33.3 Å². The maximum absolute atomic E-state index is 13.0. The summed E-state index contributed by atoms with van der Waals surface area (Å²) in [5.41, 5.74) is 2.63. The van der Waals surface area contributed by atoms with Crippen molar-refractivity contribution in [2.45, 2.75) is 19.3 Å². The smallest absolute Gasteiger partial charge is 0.228 e. The standard InChI is InChI=1S/C17H16FN3OS/c18-13-5-3-12(4-6-13)15-10-21-14(11-23-17(21)19-15)9-16(22)20-7-1-2-8-20/h3-6,10-11H,1-2,7-9H2. The van der Waals surface area contributed by atoms with Crippen molar-refractivity contribution in [2.24, 2.45) is 0 Å². The van der Waals surface area contributed by atoms with Crippen molar-refractivity contribution in [3.8, 4) is 11.3 Å². The normalized spacial score (nSPS) is 14.7. The second-order valence-corrected chi connectivity index (χ2v) is 6.61. The number of benzene rings is 1. The monoisotopic (exact) mass is 329 g/mol. The average molecular weight is 329 g/mol. The molecular formula is C17H16FN3OS. The van der Waals surface area contributed by atoms with Crippen molar-refractivity contribution < 1.29 is 9.18 Å². The number of halogens is 1. The lowest BCUT2D eigenvalue weighted by Crippen LogP contribution is -2.29. The highest BCUT2D eigenvalue weighted by Crippen LogP contribution is 2.24. The minimum atomic E-state index is -0.258. The van der Waals surface area contributed by atoms with Crippen LogP contribution in [-0.2, 0) is 11.2 Å². The van der Waals surface area contributed by atoms with Crippen LogP contribution < -0.4 is 0 Å². The Labute approximate surface area is 137 Å². The molecule has 1 aliphatic rings. The maximum Gasteiger partial charge on any atom is 0.228 e. The molecule has 0 N–H and O–H groups in total. The van der Waals surface area contributed by atoms with Crippen LogP contribution in [0.1, 0.15) is 18.5 Å². The minimum Gasteiger partial charge on any atom is -0.342 e. The molecule has 1 aliphatic heterocycles. The quantitative estimate of drug-likeness (QED) is 0.739. The van der Waals surface area contributed by atoms with Gasteiger partial charge in [-0.3, -0.25) is 9.20 Å². The van der Waals surface area contributed by atoms with Gasteiger partial charge in [0.15, 0.2) is 4.96 Å². The Bertz CT molecular complexity index is 846. The van der Waals surface area contributed by atoms with Crippen molar-refractivity contribution in [1.29, 1.82) is 0 Å². The van der Waals surface area contributed by atoms with E-state index in [1.165, 1.54) is 23.5 Å². The number of hydrogen-bond donors (Lipinski definition) is 0. The molecule has 1 aromatic carbocycles. The molecule has 4 rings (SSSR count). The summed E-state index contributed by atoms with van der Waals surface area (Å²) >= 11 is 1.52. The molecule has 0 spiro atoms. The molecule has 3 aromatic rings. The second kappa shape index (κ2) is 5.77. The van der Waals surface area contributed by atoms with Crippen LogP contribution in [0, 0.1) is 5.82 Å². The molecule has 23 heavy (non-hydrogen) atoms. The van der Waals surface area contributed by atoms with Gasteiger partial charge in [0.2, 0.25) is 5.91 Å². The van der Waals surface area contributed by atoms with Gasteiger partial charge in [0, 0.05) is 35.9 Å². The zero-order chi connectivity index (χ0) is 15.8. The predicted octanol–water partition coefficient (Wildman–Crippen LogP) is 3.37. The topological polar surface area (TPSA) is 37.6 Å². The van der Waals surface area contributed by atoms with Gasteiger partial charge in [0.1, 0.15) is 5.82 Å². The number of hydrogen-bond acceptors (Lipinski definition) is 3. The van der Waals surface area contributed by atoms with Crippen LogP contribution in [0.25, 0.3) is 16.2 Å². The summed E-state index contributed by atoms with van der Waals surface area (Å²) in [5.74, 6) is -0.0779. The van der Waals surface area contributed by atoms with Gasteiger partial charge in [-0.05, 0) is 37.1 Å². The number of thiazole rings is 1. The number of aromatic nitrogens is 2. The molecule has 0 atom stereocenters. The Morgan fingerprint density at radius 1 is 1.22 bits per heavy atom. The van der Waals surface area contributed by atoms with E-state index < -0.39 is 0 Å². The van der Waals surface area contributed by atoms with Crippen LogP contribution in [0.15, 0.2) is 35.8 Å². The third kappa shape index (κ3) is 2.74. The van der Waals surface area contributed by atoms with E-state index >= 15 is 0 Å². The number of rotatable bonds is 3. The number of carbonyl (C=O) groups excluding carboxylic acids is 1. The summed E-state index contributed by atoms with van der Waals surface area (Å²) in [5, 5.41) is 1.99. The largest absolute Gasteiger partial charge is 0.342 e. The Kier molecular flexibility index (Phi) is 3.61. The second-order valence-electron chi connectivity index (χ2n) is 5.78. The fourth-order valence-corrected chi connectivity index (χ4v) is 3.82. The van der Waals surface area contributed by atoms with E-state index in [1.807, 2.05) is 20.9 Å². The van der Waals surface area contributed by atoms with Crippen molar-refractivity contribution in [2.75, 3.05) is 13.1 Å². The van der Waals surface area contributed by atoms with Gasteiger partial charge in [-0.2, -0.15) is 0 Å². The Hall–Kier alpha value is -2.21. The molecule has 2 aromatic heterocycles. The first-order valence-corrected chi connectivity index (χ1v) is 8.58. The number of amides is 1. The third-order valence-corrected chi connectivity index (χ3v) is 5.10. The first-order chi connectivity index (χ1) is 11.2. The van der Waals surface area contributed by atoms with Gasteiger partial charge in [-0.25, -0.2) is 9.37 Å². The van der Waals surface area contributed by atoms with Gasteiger partial charge in [0.05, 0.1) is 12.1 Å². The van der Waals surface area contributed by atoms with Gasteiger partial charge in [-0.1, -0.05) is 0 Å². The highest BCUT2D eigenvalue weighted by molar-refractivity contribution is 7.15. The Morgan fingerprint density at radius 2 is 1.96 bits per heavy atom. The van der Waals surface area contributed by atoms with Crippen LogP contribution >= 0.6 is 11.3 Å². The van der Waals surface area contributed by atoms with E-state index in [4.69, 9.17) is 0 Å². The van der Waals surface area contributed by atoms with Crippen molar-refractivity contribution in [3.05, 3.63) is 47.4 Å². The minimum absolute atomic E-state index is 0.180. The molecule has 118 valence electrons. The lowest BCUT2D eigenvalue weighted by Gasteiger charge is -2.14. The summed E-state index contributed by atoms with van der Waals surface area (Å²) < 4.78 is 15.0. The maximum atomic E-state index is 13.0. The van der Waals surface area contributed by atoms with E-state index in [0.717, 1.165) is 47.8 Å². The van der Waals surface area contributed by atoms with Crippen molar-refractivity contribution in [3.63, 3.8) is 0 Å². The third-order valence-electron chi connectivity index (χ3n) is 4.21. The first kappa shape index (κ1) is 14.4. The highest BCUT2D eigenvalue weighted by atomic mass is 32.1. The van der Waals surface area contributed by atoms with Crippen LogP contribution in [0.4, 0.5) is 4.39 Å². The highest BCUT2D eigenvalue weighted by Gasteiger charge is 2.20. The van der Waals surface area contributed by atoms with E-state index in [2.05, 4.69) is 4.98 Å². The molecule has 0 radical (unpaired) electrons. The first-order valence-electron chi connectivity index (χ1n) is 7.70. The molecule has 1 saturated heterocycles. The summed E-state index contributed by atoms with van der Waals surface area (Å²) in [6.45, 7) is 1.74. The van der Waals surface area contributed by atoms with Gasteiger partial charge in [0.25, 0.3) is 0 Å². The summed E-state index contributed by atoms with van der Waals surface area (Å²) in [4.78, 5) is 19.7. The zero-order valence-corrected chi connectivity index (χ0v) is 13.4. The molecular weight excluding hydrogens is 313 g/mol. The summed E-state index contributed by atoms with van der Waals surface area (Å²) in [6.07, 6.45) is 4.53. The molecule has 6 heteroatoms. The van der Waals surface area contributed by atoms with E-state index in [9.17, 15) is 9.18 Å². The number of carbonyl (C=O) groups is 1. The van der Waals surface area contributed by atoms with Gasteiger partial charge < -0.3 is 4.90 Å². The fourth-order valence-electron chi connectivity index (χ4n) is 2.95. The molecule has 0 saturated carbocycles. The van der Waals surface area contributed by atoms with E-state index in [0.29, 0.717) is 6.42 Å². The van der Waals surface area contributed by atoms with Crippen molar-refractivity contribution in [1.82, 2.24) is 14.3 Å². The Balaban J connectivity index is 1.61. The molecule has 0 unspecified atom stereocenters. The van der Waals surface area contributed by atoms with E-state index in [-0.39, 0.29) is 11.7 Å². The number of imidazole rings is 1. The van der Waals surface area contributed by atoms with Crippen LogP contribution in [0.3, 0.4) is 0 Å². The molecule has 0 bridgehead atoms. The number of nitrogens with zero attached hydrogens (tertiary/aromatic N) is 3. The van der Waals surface area contributed by atoms with Gasteiger partial charge in [-0.15, -0.1) is 11.3 Å². The fraction of sp³-hybridized carbons (Fsp3) is 0.294. The summed E-state index contributed by atoms with van der Waals surface area (Å²) in [6, 6.07) is 6.30. The molecule has 4 nitrogen and oxygen atoms in total. The SMILES string of the molecule is O=C(Cc1csc2nc(-c3ccc(F)cc3)cn12)N1CCCC1. The molecule has 1 fully saturated rings. The molecule has 0 aliphatic carbocycles.